The van der Waals surface area contributed by atoms with Gasteiger partial charge in [0.15, 0.2) is 0 Å². The molecule has 184 valence electrons. The average Bonchev–Trinajstić information content (AvgIpc) is 2.89. The lowest BCUT2D eigenvalue weighted by atomic mass is 10.1. The van der Waals surface area contributed by atoms with Crippen LogP contribution in [-0.4, -0.2) is 53.3 Å². The number of aryl methyl sites for hydroxylation is 2. The van der Waals surface area contributed by atoms with Crippen LogP contribution in [0, 0.1) is 13.8 Å². The summed E-state index contributed by atoms with van der Waals surface area (Å²) in [6.07, 6.45) is 1.61. The Bertz CT molecular complexity index is 1610. The number of nitrogens with one attached hydrogen (secondary N) is 2. The second kappa shape index (κ2) is 10.5. The lowest BCUT2D eigenvalue weighted by molar-refractivity contribution is 0.304. The molecule has 0 bridgehead atoms. The number of nitrogens with zero attached hydrogens (tertiary/aromatic N) is 4. The largest absolute Gasteiger partial charge is 0.410 e. The van der Waals surface area contributed by atoms with E-state index in [-0.39, 0.29) is 0 Å². The van der Waals surface area contributed by atoms with Gasteiger partial charge in [-0.1, -0.05) is 35.5 Å². The van der Waals surface area contributed by atoms with Crippen molar-refractivity contribution in [2.45, 2.75) is 13.8 Å². The number of rotatable bonds is 8. The predicted octanol–water partition coefficient (Wildman–Crippen LogP) is 5.36. The zero-order valence-corrected chi connectivity index (χ0v) is 21.6. The normalized spacial score (nSPS) is 12.2. The molecule has 0 amide bonds. The monoisotopic (exact) mass is 498 g/mol. The molecule has 3 aromatic carbocycles. The summed E-state index contributed by atoms with van der Waals surface area (Å²) < 4.78 is 2.24. The summed E-state index contributed by atoms with van der Waals surface area (Å²) in [4.78, 5) is 11.1. The minimum atomic E-state index is 0.621. The van der Waals surface area contributed by atoms with Crippen LogP contribution in [0.15, 0.2) is 66.1 Å². The third-order valence-electron chi connectivity index (χ3n) is 6.43. The quantitative estimate of drug-likeness (QED) is 0.152. The van der Waals surface area contributed by atoms with Crippen molar-refractivity contribution in [3.8, 4) is 0 Å². The number of aromatic nitrogens is 2. The first kappa shape index (κ1) is 24.0. The van der Waals surface area contributed by atoms with E-state index in [0.717, 1.165) is 68.8 Å². The predicted molar refractivity (Wildman–Crippen MR) is 150 cm³/mol. The third kappa shape index (κ3) is 4.82. The van der Waals surface area contributed by atoms with Gasteiger partial charge in [-0.2, -0.15) is 0 Å². The summed E-state index contributed by atoms with van der Waals surface area (Å²) >= 11 is 1.73. The molecular formula is C28H30N6OS. The molecule has 0 fully saturated rings. The zero-order valence-electron chi connectivity index (χ0n) is 20.7. The summed E-state index contributed by atoms with van der Waals surface area (Å²) in [5.41, 5.74) is 4.30. The van der Waals surface area contributed by atoms with Crippen LogP contribution in [0.3, 0.4) is 0 Å². The summed E-state index contributed by atoms with van der Waals surface area (Å²) in [5.74, 6) is 0.867. The van der Waals surface area contributed by atoms with Crippen molar-refractivity contribution in [1.82, 2.24) is 14.9 Å². The molecule has 0 spiro atoms. The van der Waals surface area contributed by atoms with Crippen LogP contribution >= 0.6 is 11.3 Å². The lowest BCUT2D eigenvalue weighted by Crippen LogP contribution is -2.30. The highest BCUT2D eigenvalue weighted by Crippen LogP contribution is 2.31. The van der Waals surface area contributed by atoms with Gasteiger partial charge in [0.25, 0.3) is 0 Å². The number of hydrogen-bond acceptors (Lipinski definition) is 8. The van der Waals surface area contributed by atoms with Gasteiger partial charge in [0.1, 0.15) is 17.5 Å². The van der Waals surface area contributed by atoms with Crippen molar-refractivity contribution in [2.24, 2.45) is 5.16 Å². The Labute approximate surface area is 214 Å². The highest BCUT2D eigenvalue weighted by Gasteiger charge is 2.12. The number of benzene rings is 3. The molecule has 0 atom stereocenters. The van der Waals surface area contributed by atoms with E-state index in [0.29, 0.717) is 5.36 Å². The van der Waals surface area contributed by atoms with Crippen LogP contribution in [0.1, 0.15) is 11.1 Å². The molecule has 0 radical (unpaired) electrons. The zero-order chi connectivity index (χ0) is 25.1. The topological polar surface area (TPSA) is 85.7 Å². The third-order valence-corrected chi connectivity index (χ3v) is 7.74. The molecule has 8 heteroatoms. The van der Waals surface area contributed by atoms with Gasteiger partial charge in [-0.3, -0.25) is 0 Å². The van der Waals surface area contributed by atoms with E-state index in [1.807, 2.05) is 18.2 Å². The summed E-state index contributed by atoms with van der Waals surface area (Å²) in [6.45, 7) is 7.46. The van der Waals surface area contributed by atoms with E-state index in [1.54, 1.807) is 17.7 Å². The van der Waals surface area contributed by atoms with Gasteiger partial charge in [-0.25, -0.2) is 9.97 Å². The highest BCUT2D eigenvalue weighted by atomic mass is 32.1. The van der Waals surface area contributed by atoms with Gasteiger partial charge < -0.3 is 20.7 Å². The van der Waals surface area contributed by atoms with E-state index >= 15 is 0 Å². The van der Waals surface area contributed by atoms with Crippen molar-refractivity contribution in [3.05, 3.63) is 77.4 Å². The first-order chi connectivity index (χ1) is 17.5. The van der Waals surface area contributed by atoms with Gasteiger partial charge in [-0.15, -0.1) is 11.3 Å². The first-order valence-corrected chi connectivity index (χ1v) is 12.9. The minimum absolute atomic E-state index is 0.621. The molecule has 5 rings (SSSR count). The molecule has 0 aliphatic carbocycles. The van der Waals surface area contributed by atoms with Crippen molar-refractivity contribution in [3.63, 3.8) is 0 Å². The molecule has 36 heavy (non-hydrogen) atoms. The van der Waals surface area contributed by atoms with Crippen LogP contribution < -0.4 is 16.0 Å². The van der Waals surface area contributed by atoms with E-state index in [1.165, 1.54) is 11.1 Å². The van der Waals surface area contributed by atoms with Gasteiger partial charge in [0.2, 0.25) is 0 Å². The maximum Gasteiger partial charge on any atom is 0.137 e. The number of hydrogen-bond donors (Lipinski definition) is 3. The van der Waals surface area contributed by atoms with Gasteiger partial charge >= 0.3 is 0 Å². The van der Waals surface area contributed by atoms with Gasteiger partial charge in [0, 0.05) is 57.4 Å². The molecule has 7 nitrogen and oxygen atoms in total. The van der Waals surface area contributed by atoms with Crippen LogP contribution in [0.4, 0.5) is 11.5 Å². The summed E-state index contributed by atoms with van der Waals surface area (Å²) in [7, 11) is 2.11. The molecule has 3 N–H and O–H groups in total. The average molecular weight is 499 g/mol. The van der Waals surface area contributed by atoms with Crippen LogP contribution in [-0.2, 0) is 0 Å². The van der Waals surface area contributed by atoms with Crippen molar-refractivity contribution >= 4 is 53.9 Å². The lowest BCUT2D eigenvalue weighted by Gasteiger charge is -2.19. The Kier molecular flexibility index (Phi) is 6.97. The Hall–Kier alpha value is -3.75. The fourth-order valence-corrected chi connectivity index (χ4v) is 5.65. The number of likely N-dealkylation sites (N-methyl/N-ethyl adjacent to an activating group) is 1. The Morgan fingerprint density at radius 2 is 1.75 bits per heavy atom. The Morgan fingerprint density at radius 1 is 0.944 bits per heavy atom. The summed E-state index contributed by atoms with van der Waals surface area (Å²) in [6, 6.07) is 18.5. The van der Waals surface area contributed by atoms with Crippen molar-refractivity contribution in [1.29, 1.82) is 0 Å². The van der Waals surface area contributed by atoms with Crippen molar-refractivity contribution < 1.29 is 5.21 Å². The van der Waals surface area contributed by atoms with Crippen LogP contribution in [0.2, 0.25) is 0 Å². The molecule has 5 aromatic rings. The fraction of sp³-hybridized carbons (Fsp3) is 0.250. The Morgan fingerprint density at radius 3 is 2.58 bits per heavy atom. The second-order valence-electron chi connectivity index (χ2n) is 9.08. The number of fused-ring (bicyclic) bond motifs is 3. The minimum Gasteiger partial charge on any atom is -0.410 e. The highest BCUT2D eigenvalue weighted by molar-refractivity contribution is 7.24. The maximum absolute atomic E-state index is 9.91. The molecule has 0 unspecified atom stereocenters. The second-order valence-corrected chi connectivity index (χ2v) is 10.1. The molecule has 2 heterocycles. The van der Waals surface area contributed by atoms with E-state index in [9.17, 15) is 5.21 Å². The van der Waals surface area contributed by atoms with Gasteiger partial charge in [0.05, 0.1) is 5.52 Å². The van der Waals surface area contributed by atoms with Crippen LogP contribution in [0.25, 0.3) is 31.1 Å². The van der Waals surface area contributed by atoms with E-state index in [4.69, 9.17) is 0 Å². The van der Waals surface area contributed by atoms with Crippen molar-refractivity contribution in [2.75, 3.05) is 43.9 Å². The molecule has 0 saturated carbocycles. The van der Waals surface area contributed by atoms with Gasteiger partial charge in [-0.05, 0) is 56.3 Å². The van der Waals surface area contributed by atoms with Crippen LogP contribution in [0.5, 0.6) is 0 Å². The molecule has 2 aromatic heterocycles. The smallest absolute Gasteiger partial charge is 0.137 e. The molecule has 0 aliphatic heterocycles. The number of anilines is 2. The SMILES string of the molecule is Cc1ccc2c(NCCN(C)CCNc3ccc(C)c4sc5ccccc5/c(=N\O)c34)ncnc2c1. The molecule has 0 aliphatic rings. The Balaban J connectivity index is 1.24. The molecule has 0 saturated heterocycles. The standard InChI is InChI=1S/C28H30N6OS/c1-18-8-10-20-23(16-18)31-17-32-28(20)30-13-15-34(3)14-12-29-22-11-9-19(2)27-25(22)26(33-35)21-6-4-5-7-24(21)36-27/h4-11,16-17,29,35H,12-15H2,1-3H3,(H,30,31,32)/b33-26+. The molecular weight excluding hydrogens is 468 g/mol. The maximum atomic E-state index is 9.91. The summed E-state index contributed by atoms with van der Waals surface area (Å²) in [5, 5.41) is 24.2. The van der Waals surface area contributed by atoms with E-state index < -0.39 is 0 Å². The fourth-order valence-electron chi connectivity index (χ4n) is 4.47. The first-order valence-electron chi connectivity index (χ1n) is 12.1. The van der Waals surface area contributed by atoms with E-state index in [2.05, 4.69) is 88.0 Å².